The Morgan fingerprint density at radius 1 is 0.962 bits per heavy atom. The van der Waals surface area contributed by atoms with Crippen molar-refractivity contribution in [1.29, 1.82) is 0 Å². The van der Waals surface area contributed by atoms with Crippen LogP contribution in [0.5, 0.6) is 0 Å². The Hall–Kier alpha value is -3.31. The SMILES string of the molecule is O=C1/C(=C\C=C\c2ccccc2)N=C(c2ccccc2)N1c1nccs1. The average molecular weight is 357 g/mol. The predicted octanol–water partition coefficient (Wildman–Crippen LogP) is 4.53. The molecule has 0 aliphatic carbocycles. The van der Waals surface area contributed by atoms with E-state index >= 15 is 0 Å². The maximum atomic E-state index is 12.9. The minimum absolute atomic E-state index is 0.170. The summed E-state index contributed by atoms with van der Waals surface area (Å²) in [5.41, 5.74) is 2.34. The molecule has 4 rings (SSSR count). The van der Waals surface area contributed by atoms with Gasteiger partial charge in [0.1, 0.15) is 11.5 Å². The first-order valence-electron chi connectivity index (χ1n) is 8.14. The zero-order chi connectivity index (χ0) is 17.8. The van der Waals surface area contributed by atoms with Crippen molar-refractivity contribution < 1.29 is 4.79 Å². The second-order valence-corrected chi connectivity index (χ2v) is 6.45. The highest BCUT2D eigenvalue weighted by Gasteiger charge is 2.33. The highest BCUT2D eigenvalue weighted by atomic mass is 32.1. The van der Waals surface area contributed by atoms with Crippen molar-refractivity contribution in [2.24, 2.45) is 4.99 Å². The molecule has 0 atom stereocenters. The van der Waals surface area contributed by atoms with Crippen LogP contribution in [0.1, 0.15) is 11.1 Å². The Morgan fingerprint density at radius 3 is 2.38 bits per heavy atom. The third-order valence-corrected chi connectivity index (χ3v) is 4.60. The second-order valence-electron chi connectivity index (χ2n) is 5.58. The van der Waals surface area contributed by atoms with Gasteiger partial charge >= 0.3 is 0 Å². The fraction of sp³-hybridized carbons (Fsp3) is 0. The van der Waals surface area contributed by atoms with E-state index in [9.17, 15) is 4.79 Å². The number of allylic oxidation sites excluding steroid dienone is 2. The summed E-state index contributed by atoms with van der Waals surface area (Å²) in [6.07, 6.45) is 7.23. The molecule has 1 amide bonds. The smallest absolute Gasteiger partial charge is 0.266 e. The number of hydrogen-bond donors (Lipinski definition) is 0. The molecule has 4 nitrogen and oxygen atoms in total. The summed E-state index contributed by atoms with van der Waals surface area (Å²) in [6, 6.07) is 19.6. The summed E-state index contributed by atoms with van der Waals surface area (Å²) in [5, 5.41) is 2.47. The second kappa shape index (κ2) is 7.29. The number of anilines is 1. The minimum atomic E-state index is -0.170. The van der Waals surface area contributed by atoms with Crippen LogP contribution in [0.2, 0.25) is 0 Å². The van der Waals surface area contributed by atoms with Gasteiger partial charge in [0.15, 0.2) is 5.13 Å². The lowest BCUT2D eigenvalue weighted by Gasteiger charge is -2.14. The summed E-state index contributed by atoms with van der Waals surface area (Å²) in [4.78, 5) is 23.3. The van der Waals surface area contributed by atoms with E-state index in [0.29, 0.717) is 16.7 Å². The zero-order valence-electron chi connectivity index (χ0n) is 13.8. The van der Waals surface area contributed by atoms with E-state index in [1.165, 1.54) is 11.3 Å². The van der Waals surface area contributed by atoms with E-state index in [0.717, 1.165) is 11.1 Å². The third-order valence-electron chi connectivity index (χ3n) is 3.85. The molecule has 0 bridgehead atoms. The zero-order valence-corrected chi connectivity index (χ0v) is 14.6. The number of aromatic nitrogens is 1. The number of thiazole rings is 1. The van der Waals surface area contributed by atoms with Gasteiger partial charge in [0.25, 0.3) is 5.91 Å². The molecule has 0 radical (unpaired) electrons. The Labute approximate surface area is 155 Å². The Bertz CT molecular complexity index is 990. The van der Waals surface area contributed by atoms with E-state index in [1.807, 2.05) is 78.2 Å². The molecule has 0 N–H and O–H groups in total. The molecule has 0 spiro atoms. The van der Waals surface area contributed by atoms with E-state index in [-0.39, 0.29) is 5.91 Å². The largest absolute Gasteiger partial charge is 0.284 e. The molecule has 0 saturated heterocycles. The summed E-state index contributed by atoms with van der Waals surface area (Å²) >= 11 is 1.41. The number of aliphatic imine (C=N–C) groups is 1. The van der Waals surface area contributed by atoms with Crippen molar-refractivity contribution in [2.45, 2.75) is 0 Å². The van der Waals surface area contributed by atoms with E-state index in [4.69, 9.17) is 0 Å². The van der Waals surface area contributed by atoms with Crippen LogP contribution in [0, 0.1) is 0 Å². The first kappa shape index (κ1) is 16.2. The van der Waals surface area contributed by atoms with Crippen LogP contribution in [0.4, 0.5) is 5.13 Å². The van der Waals surface area contributed by atoms with Gasteiger partial charge in [-0.3, -0.25) is 4.79 Å². The monoisotopic (exact) mass is 357 g/mol. The van der Waals surface area contributed by atoms with Gasteiger partial charge in [0.05, 0.1) is 0 Å². The lowest BCUT2D eigenvalue weighted by molar-refractivity contribution is -0.113. The normalized spacial score (nSPS) is 15.8. The number of amidine groups is 1. The van der Waals surface area contributed by atoms with Crippen molar-refractivity contribution in [3.63, 3.8) is 0 Å². The number of carbonyl (C=O) groups is 1. The van der Waals surface area contributed by atoms with E-state index < -0.39 is 0 Å². The van der Waals surface area contributed by atoms with Gasteiger partial charge in [-0.05, 0) is 11.6 Å². The summed E-state index contributed by atoms with van der Waals surface area (Å²) in [6.45, 7) is 0. The first-order chi connectivity index (χ1) is 12.8. The van der Waals surface area contributed by atoms with Crippen molar-refractivity contribution in [3.8, 4) is 0 Å². The van der Waals surface area contributed by atoms with Gasteiger partial charge in [-0.2, -0.15) is 0 Å². The molecule has 1 aliphatic heterocycles. The Morgan fingerprint density at radius 2 is 1.69 bits per heavy atom. The highest BCUT2D eigenvalue weighted by molar-refractivity contribution is 7.14. The molecule has 2 aromatic carbocycles. The summed E-state index contributed by atoms with van der Waals surface area (Å²) < 4.78 is 0. The molecule has 1 aliphatic rings. The van der Waals surface area contributed by atoms with Crippen LogP contribution in [-0.2, 0) is 4.79 Å². The Kier molecular flexibility index (Phi) is 4.53. The highest BCUT2D eigenvalue weighted by Crippen LogP contribution is 2.28. The molecule has 0 unspecified atom stereocenters. The molecule has 2 heterocycles. The molecule has 126 valence electrons. The van der Waals surface area contributed by atoms with Crippen LogP contribution >= 0.6 is 11.3 Å². The maximum Gasteiger partial charge on any atom is 0.284 e. The lowest BCUT2D eigenvalue weighted by Crippen LogP contribution is -2.32. The van der Waals surface area contributed by atoms with E-state index in [1.54, 1.807) is 17.2 Å². The number of hydrogen-bond acceptors (Lipinski definition) is 4. The third kappa shape index (κ3) is 3.25. The molecule has 0 fully saturated rings. The van der Waals surface area contributed by atoms with Crippen molar-refractivity contribution in [2.75, 3.05) is 4.90 Å². The van der Waals surface area contributed by atoms with Gasteiger partial charge in [0, 0.05) is 17.1 Å². The summed E-state index contributed by atoms with van der Waals surface area (Å²) in [5.74, 6) is 0.432. The van der Waals surface area contributed by atoms with Gasteiger partial charge in [0.2, 0.25) is 0 Å². The lowest BCUT2D eigenvalue weighted by atomic mass is 10.2. The molecular formula is C21H15N3OS. The van der Waals surface area contributed by atoms with Crippen LogP contribution < -0.4 is 4.90 Å². The summed E-state index contributed by atoms with van der Waals surface area (Å²) in [7, 11) is 0. The number of nitrogens with zero attached hydrogens (tertiary/aromatic N) is 3. The first-order valence-corrected chi connectivity index (χ1v) is 9.02. The molecular weight excluding hydrogens is 342 g/mol. The molecule has 0 saturated carbocycles. The quantitative estimate of drug-likeness (QED) is 0.644. The van der Waals surface area contributed by atoms with Crippen molar-refractivity contribution >= 4 is 34.3 Å². The predicted molar refractivity (Wildman–Crippen MR) is 106 cm³/mol. The minimum Gasteiger partial charge on any atom is -0.266 e. The maximum absolute atomic E-state index is 12.9. The fourth-order valence-corrected chi connectivity index (χ4v) is 3.27. The number of amides is 1. The average Bonchev–Trinajstić information content (AvgIpc) is 3.32. The van der Waals surface area contributed by atoms with Gasteiger partial charge < -0.3 is 0 Å². The van der Waals surface area contributed by atoms with Gasteiger partial charge in [-0.25, -0.2) is 14.9 Å². The van der Waals surface area contributed by atoms with Gasteiger partial charge in [-0.15, -0.1) is 11.3 Å². The molecule has 1 aromatic heterocycles. The molecule has 3 aromatic rings. The van der Waals surface area contributed by atoms with Crippen LogP contribution in [0.25, 0.3) is 6.08 Å². The Balaban J connectivity index is 1.70. The molecule has 5 heteroatoms. The number of benzene rings is 2. The van der Waals surface area contributed by atoms with Crippen molar-refractivity contribution in [1.82, 2.24) is 4.98 Å². The number of carbonyl (C=O) groups excluding carboxylic acids is 1. The fourth-order valence-electron chi connectivity index (χ4n) is 2.63. The van der Waals surface area contributed by atoms with Gasteiger partial charge in [-0.1, -0.05) is 72.8 Å². The number of rotatable bonds is 4. The van der Waals surface area contributed by atoms with Crippen LogP contribution in [0.3, 0.4) is 0 Å². The van der Waals surface area contributed by atoms with Crippen molar-refractivity contribution in [3.05, 3.63) is 101 Å². The standard InChI is InChI=1S/C21H15N3OS/c25-20-18(13-7-10-16-8-3-1-4-9-16)23-19(17-11-5-2-6-12-17)24(20)21-22-14-15-26-21/h1-15H/b10-7+,18-13+. The van der Waals surface area contributed by atoms with Crippen LogP contribution in [-0.4, -0.2) is 16.7 Å². The van der Waals surface area contributed by atoms with E-state index in [2.05, 4.69) is 9.98 Å². The topological polar surface area (TPSA) is 45.6 Å². The molecule has 26 heavy (non-hydrogen) atoms. The van der Waals surface area contributed by atoms with Crippen LogP contribution in [0.15, 0.2) is 95.1 Å².